The molecular weight excluding hydrogens is 254 g/mol. The van der Waals surface area contributed by atoms with Crippen LogP contribution in [-0.4, -0.2) is 35.5 Å². The van der Waals surface area contributed by atoms with Crippen molar-refractivity contribution >= 4 is 11.9 Å². The van der Waals surface area contributed by atoms with Gasteiger partial charge in [0.1, 0.15) is 6.04 Å². The lowest BCUT2D eigenvalue weighted by atomic mass is 9.83. The van der Waals surface area contributed by atoms with Crippen molar-refractivity contribution in [1.29, 1.82) is 0 Å². The van der Waals surface area contributed by atoms with Crippen LogP contribution in [0.15, 0.2) is 0 Å². The smallest absolute Gasteiger partial charge is 0.312 e. The summed E-state index contributed by atoms with van der Waals surface area (Å²) in [6, 6.07) is -0.766. The van der Waals surface area contributed by atoms with E-state index in [-0.39, 0.29) is 17.9 Å². The summed E-state index contributed by atoms with van der Waals surface area (Å²) in [6.45, 7) is 5.07. The minimum Gasteiger partial charge on any atom is -0.352 e. The third-order valence-corrected chi connectivity index (χ3v) is 5.11. The van der Waals surface area contributed by atoms with Gasteiger partial charge in [0.15, 0.2) is 0 Å². The molecule has 5 heteroatoms. The molecule has 1 aliphatic carbocycles. The fourth-order valence-corrected chi connectivity index (χ4v) is 3.59. The van der Waals surface area contributed by atoms with Gasteiger partial charge in [0.2, 0.25) is 5.91 Å². The molecule has 5 nitrogen and oxygen atoms in total. The molecule has 0 radical (unpaired) electrons. The molecule has 0 aromatic heterocycles. The van der Waals surface area contributed by atoms with Gasteiger partial charge >= 0.3 is 6.03 Å². The van der Waals surface area contributed by atoms with Crippen LogP contribution in [0.25, 0.3) is 0 Å². The summed E-state index contributed by atoms with van der Waals surface area (Å²) < 4.78 is 0. The van der Waals surface area contributed by atoms with Crippen LogP contribution in [0.1, 0.15) is 52.4 Å². The van der Waals surface area contributed by atoms with Gasteiger partial charge < -0.3 is 16.0 Å². The lowest BCUT2D eigenvalue weighted by molar-refractivity contribution is -0.135. The molecule has 1 heterocycles. The average Bonchev–Trinajstić information content (AvgIpc) is 2.76. The Kier molecular flexibility index (Phi) is 4.89. The van der Waals surface area contributed by atoms with Gasteiger partial charge in [-0.1, -0.05) is 26.2 Å². The summed E-state index contributed by atoms with van der Waals surface area (Å²) in [6.07, 6.45) is 6.57. The lowest BCUT2D eigenvalue weighted by Crippen LogP contribution is -2.54. The minimum atomic E-state index is -0.589. The maximum atomic E-state index is 12.8. The highest BCUT2D eigenvalue weighted by Gasteiger charge is 2.38. The number of carbonyl (C=O) groups excluding carboxylic acids is 2. The maximum absolute atomic E-state index is 12.8. The summed E-state index contributed by atoms with van der Waals surface area (Å²) in [5, 5.41) is 2.71. The number of hydrogen-bond acceptors (Lipinski definition) is 2. The Morgan fingerprint density at radius 2 is 1.80 bits per heavy atom. The first kappa shape index (κ1) is 15.1. The zero-order valence-corrected chi connectivity index (χ0v) is 12.6. The molecule has 3 N–H and O–H groups in total. The molecule has 0 spiro atoms. The quantitative estimate of drug-likeness (QED) is 0.828. The molecule has 1 aliphatic heterocycles. The highest BCUT2D eigenvalue weighted by atomic mass is 16.2. The van der Waals surface area contributed by atoms with E-state index in [4.69, 9.17) is 5.73 Å². The van der Waals surface area contributed by atoms with Crippen LogP contribution in [0.3, 0.4) is 0 Å². The summed E-state index contributed by atoms with van der Waals surface area (Å²) in [4.78, 5) is 26.0. The number of nitrogens with two attached hydrogens (primary N) is 1. The van der Waals surface area contributed by atoms with Crippen molar-refractivity contribution in [3.63, 3.8) is 0 Å². The van der Waals surface area contributed by atoms with Gasteiger partial charge in [-0.2, -0.15) is 0 Å². The van der Waals surface area contributed by atoms with Crippen molar-refractivity contribution < 1.29 is 9.59 Å². The monoisotopic (exact) mass is 281 g/mol. The molecule has 0 aromatic carbocycles. The number of nitrogens with zero attached hydrogens (tertiary/aromatic N) is 1. The largest absolute Gasteiger partial charge is 0.352 e. The van der Waals surface area contributed by atoms with Crippen LogP contribution < -0.4 is 11.1 Å². The Labute approximate surface area is 121 Å². The van der Waals surface area contributed by atoms with Gasteiger partial charge in [-0.25, -0.2) is 4.79 Å². The summed E-state index contributed by atoms with van der Waals surface area (Å²) in [7, 11) is 0. The van der Waals surface area contributed by atoms with Gasteiger partial charge in [-0.05, 0) is 38.0 Å². The second kappa shape index (κ2) is 6.46. The number of nitrogens with one attached hydrogen (secondary N) is 1. The number of rotatable bonds is 3. The first-order valence-corrected chi connectivity index (χ1v) is 7.87. The van der Waals surface area contributed by atoms with Crippen molar-refractivity contribution in [3.8, 4) is 0 Å². The second-order valence-corrected chi connectivity index (χ2v) is 6.42. The van der Waals surface area contributed by atoms with Crippen molar-refractivity contribution in [2.24, 2.45) is 17.6 Å². The number of hydrogen-bond donors (Lipinski definition) is 2. The first-order valence-electron chi connectivity index (χ1n) is 7.87. The lowest BCUT2D eigenvalue weighted by Gasteiger charge is -2.34. The van der Waals surface area contributed by atoms with E-state index in [1.165, 1.54) is 6.42 Å². The van der Waals surface area contributed by atoms with Crippen LogP contribution in [0.2, 0.25) is 0 Å². The van der Waals surface area contributed by atoms with E-state index < -0.39 is 12.1 Å². The molecule has 1 saturated carbocycles. The normalized spacial score (nSPS) is 29.2. The topological polar surface area (TPSA) is 75.4 Å². The van der Waals surface area contributed by atoms with Crippen molar-refractivity contribution in [2.75, 3.05) is 6.54 Å². The number of urea groups is 1. The molecular formula is C15H27N3O2. The fraction of sp³-hybridized carbons (Fsp3) is 0.867. The van der Waals surface area contributed by atoms with Gasteiger partial charge in [-0.15, -0.1) is 0 Å². The molecule has 2 fully saturated rings. The highest BCUT2D eigenvalue weighted by Crippen LogP contribution is 2.30. The standard InChI is InChI=1S/C15H27N3O2/c1-10-8-9-18(11(10)2)14(19)13(17-15(16)20)12-6-4-3-5-7-12/h10-13H,3-9H2,1-2H3,(H3,16,17,20). The van der Waals surface area contributed by atoms with Crippen molar-refractivity contribution in [3.05, 3.63) is 0 Å². The maximum Gasteiger partial charge on any atom is 0.312 e. The van der Waals surface area contributed by atoms with E-state index in [1.807, 2.05) is 4.90 Å². The number of primary amides is 1. The van der Waals surface area contributed by atoms with E-state index >= 15 is 0 Å². The Bertz CT molecular complexity index is 366. The van der Waals surface area contributed by atoms with E-state index in [9.17, 15) is 9.59 Å². The van der Waals surface area contributed by atoms with Crippen LogP contribution in [0.5, 0.6) is 0 Å². The molecule has 3 unspecified atom stereocenters. The molecule has 114 valence electrons. The molecule has 0 bridgehead atoms. The van der Waals surface area contributed by atoms with Crippen LogP contribution in [-0.2, 0) is 4.79 Å². The molecule has 3 amide bonds. The van der Waals surface area contributed by atoms with Gasteiger partial charge in [0.25, 0.3) is 0 Å². The predicted molar refractivity (Wildman–Crippen MR) is 78.0 cm³/mol. The van der Waals surface area contributed by atoms with E-state index in [0.717, 1.165) is 38.6 Å². The molecule has 20 heavy (non-hydrogen) atoms. The zero-order valence-electron chi connectivity index (χ0n) is 12.6. The summed E-state index contributed by atoms with van der Waals surface area (Å²) in [5.41, 5.74) is 5.28. The number of carbonyl (C=O) groups is 2. The summed E-state index contributed by atoms with van der Waals surface area (Å²) in [5.74, 6) is 0.832. The third kappa shape index (κ3) is 3.25. The van der Waals surface area contributed by atoms with Gasteiger partial charge in [0, 0.05) is 12.6 Å². The van der Waals surface area contributed by atoms with Crippen LogP contribution in [0, 0.1) is 11.8 Å². The first-order chi connectivity index (χ1) is 9.50. The Hall–Kier alpha value is -1.26. The minimum absolute atomic E-state index is 0.0625. The second-order valence-electron chi connectivity index (χ2n) is 6.42. The van der Waals surface area contributed by atoms with Gasteiger partial charge in [-0.3, -0.25) is 4.79 Å². The zero-order chi connectivity index (χ0) is 14.7. The summed E-state index contributed by atoms with van der Waals surface area (Å²) >= 11 is 0. The number of amides is 3. The van der Waals surface area contributed by atoms with Crippen molar-refractivity contribution in [1.82, 2.24) is 10.2 Å². The molecule has 1 saturated heterocycles. The molecule has 2 rings (SSSR count). The van der Waals surface area contributed by atoms with Gasteiger partial charge in [0.05, 0.1) is 0 Å². The van der Waals surface area contributed by atoms with E-state index in [2.05, 4.69) is 19.2 Å². The van der Waals surface area contributed by atoms with Crippen LogP contribution >= 0.6 is 0 Å². The fourth-order valence-electron chi connectivity index (χ4n) is 3.59. The third-order valence-electron chi connectivity index (χ3n) is 5.11. The molecule has 0 aromatic rings. The SMILES string of the molecule is CC1CCN(C(=O)C(NC(N)=O)C2CCCCC2)C1C. The average molecular weight is 281 g/mol. The van der Waals surface area contributed by atoms with Crippen molar-refractivity contribution in [2.45, 2.75) is 64.5 Å². The molecule has 2 aliphatic rings. The predicted octanol–water partition coefficient (Wildman–Crippen LogP) is 1.86. The van der Waals surface area contributed by atoms with E-state index in [1.54, 1.807) is 0 Å². The van der Waals surface area contributed by atoms with E-state index in [0.29, 0.717) is 5.92 Å². The number of likely N-dealkylation sites (tertiary alicyclic amines) is 1. The Morgan fingerprint density at radius 3 is 2.30 bits per heavy atom. The highest BCUT2D eigenvalue weighted by molar-refractivity contribution is 5.87. The Balaban J connectivity index is 2.09. The molecule has 3 atom stereocenters. The van der Waals surface area contributed by atoms with Crippen LogP contribution in [0.4, 0.5) is 4.79 Å². The Morgan fingerprint density at radius 1 is 1.15 bits per heavy atom.